The van der Waals surface area contributed by atoms with Gasteiger partial charge < -0.3 is 4.74 Å². The average Bonchev–Trinajstić information content (AvgIpc) is 2.19. The Hall–Kier alpha value is -1.57. The standard InChI is InChI=1S/C11H12O2/c1-2-11(12)13-9-8-10-6-4-3-5-7-10/h3-9H,2H2,1H3/b9-8-. The van der Waals surface area contributed by atoms with E-state index in [2.05, 4.69) is 0 Å². The van der Waals surface area contributed by atoms with Crippen LogP contribution in [0.15, 0.2) is 36.6 Å². The van der Waals surface area contributed by atoms with E-state index in [1.54, 1.807) is 13.0 Å². The lowest BCUT2D eigenvalue weighted by Gasteiger charge is -1.94. The van der Waals surface area contributed by atoms with Crippen LogP contribution < -0.4 is 0 Å². The van der Waals surface area contributed by atoms with Gasteiger partial charge in [-0.1, -0.05) is 37.3 Å². The van der Waals surface area contributed by atoms with Crippen molar-refractivity contribution in [3.8, 4) is 0 Å². The first-order valence-electron chi connectivity index (χ1n) is 4.24. The average molecular weight is 176 g/mol. The molecule has 13 heavy (non-hydrogen) atoms. The minimum atomic E-state index is -0.216. The third-order valence-electron chi connectivity index (χ3n) is 1.55. The zero-order chi connectivity index (χ0) is 9.52. The second-order valence-corrected chi connectivity index (χ2v) is 2.56. The Morgan fingerprint density at radius 2 is 2.08 bits per heavy atom. The summed E-state index contributed by atoms with van der Waals surface area (Å²) in [6, 6.07) is 9.69. The fourth-order valence-electron chi connectivity index (χ4n) is 0.836. The second kappa shape index (κ2) is 5.14. The molecule has 0 N–H and O–H groups in total. The molecule has 0 aliphatic heterocycles. The van der Waals surface area contributed by atoms with Gasteiger partial charge in [0.25, 0.3) is 0 Å². The van der Waals surface area contributed by atoms with Crippen molar-refractivity contribution in [2.24, 2.45) is 0 Å². The summed E-state index contributed by atoms with van der Waals surface area (Å²) < 4.78 is 4.78. The molecule has 0 aliphatic carbocycles. The minimum absolute atomic E-state index is 0.216. The molecule has 0 aliphatic rings. The largest absolute Gasteiger partial charge is 0.434 e. The molecule has 0 radical (unpaired) electrons. The summed E-state index contributed by atoms with van der Waals surface area (Å²) in [5, 5.41) is 0. The molecule has 1 aromatic carbocycles. The van der Waals surface area contributed by atoms with Crippen LogP contribution in [0.4, 0.5) is 0 Å². The van der Waals surface area contributed by atoms with E-state index >= 15 is 0 Å². The Morgan fingerprint density at radius 1 is 1.38 bits per heavy atom. The summed E-state index contributed by atoms with van der Waals surface area (Å²) in [6.45, 7) is 1.76. The maximum Gasteiger partial charge on any atom is 0.310 e. The number of carbonyl (C=O) groups excluding carboxylic acids is 1. The summed E-state index contributed by atoms with van der Waals surface area (Å²) in [6.07, 6.45) is 3.58. The fourth-order valence-corrected chi connectivity index (χ4v) is 0.836. The lowest BCUT2D eigenvalue weighted by molar-refractivity contribution is -0.137. The van der Waals surface area contributed by atoms with E-state index in [1.807, 2.05) is 30.3 Å². The molecule has 0 heterocycles. The van der Waals surface area contributed by atoms with Crippen LogP contribution in [0.1, 0.15) is 18.9 Å². The number of esters is 1. The van der Waals surface area contributed by atoms with Crippen LogP contribution >= 0.6 is 0 Å². The monoisotopic (exact) mass is 176 g/mol. The van der Waals surface area contributed by atoms with Crippen molar-refractivity contribution in [3.63, 3.8) is 0 Å². The highest BCUT2D eigenvalue weighted by molar-refractivity contribution is 5.70. The van der Waals surface area contributed by atoms with E-state index in [1.165, 1.54) is 6.26 Å². The van der Waals surface area contributed by atoms with Crippen LogP contribution in [0.2, 0.25) is 0 Å². The molecule has 0 saturated carbocycles. The predicted molar refractivity (Wildman–Crippen MR) is 51.9 cm³/mol. The fraction of sp³-hybridized carbons (Fsp3) is 0.182. The highest BCUT2D eigenvalue weighted by atomic mass is 16.5. The minimum Gasteiger partial charge on any atom is -0.434 e. The van der Waals surface area contributed by atoms with Crippen molar-refractivity contribution in [1.29, 1.82) is 0 Å². The highest BCUT2D eigenvalue weighted by Gasteiger charge is 1.92. The molecule has 1 aromatic rings. The molecular weight excluding hydrogens is 164 g/mol. The Labute approximate surface area is 77.8 Å². The van der Waals surface area contributed by atoms with E-state index in [0.29, 0.717) is 6.42 Å². The number of benzene rings is 1. The van der Waals surface area contributed by atoms with Crippen molar-refractivity contribution in [2.45, 2.75) is 13.3 Å². The van der Waals surface area contributed by atoms with Gasteiger partial charge >= 0.3 is 5.97 Å². The Balaban J connectivity index is 2.45. The van der Waals surface area contributed by atoms with Crippen LogP contribution in [0.3, 0.4) is 0 Å². The predicted octanol–water partition coefficient (Wildman–Crippen LogP) is 2.61. The third kappa shape index (κ3) is 3.56. The van der Waals surface area contributed by atoms with Gasteiger partial charge in [-0.05, 0) is 11.6 Å². The number of ether oxygens (including phenoxy) is 1. The quantitative estimate of drug-likeness (QED) is 0.522. The summed E-state index contributed by atoms with van der Waals surface area (Å²) in [5.74, 6) is -0.216. The molecule has 0 bridgehead atoms. The zero-order valence-corrected chi connectivity index (χ0v) is 7.57. The molecule has 68 valence electrons. The summed E-state index contributed by atoms with van der Waals surface area (Å²) in [4.78, 5) is 10.7. The van der Waals surface area contributed by atoms with Crippen LogP contribution in [0.25, 0.3) is 6.08 Å². The Morgan fingerprint density at radius 3 is 2.69 bits per heavy atom. The maximum absolute atomic E-state index is 10.7. The van der Waals surface area contributed by atoms with E-state index in [-0.39, 0.29) is 5.97 Å². The third-order valence-corrected chi connectivity index (χ3v) is 1.55. The molecule has 0 spiro atoms. The molecule has 0 saturated heterocycles. The maximum atomic E-state index is 10.7. The molecule has 0 atom stereocenters. The van der Waals surface area contributed by atoms with Gasteiger partial charge in [-0.2, -0.15) is 0 Å². The van der Waals surface area contributed by atoms with Crippen LogP contribution in [-0.2, 0) is 9.53 Å². The molecule has 0 amide bonds. The lowest BCUT2D eigenvalue weighted by atomic mass is 10.2. The van der Waals surface area contributed by atoms with Crippen molar-refractivity contribution < 1.29 is 9.53 Å². The number of hydrogen-bond acceptors (Lipinski definition) is 2. The van der Waals surface area contributed by atoms with Gasteiger partial charge in [0.2, 0.25) is 0 Å². The van der Waals surface area contributed by atoms with Crippen molar-refractivity contribution in [3.05, 3.63) is 42.2 Å². The Kier molecular flexibility index (Phi) is 3.76. The van der Waals surface area contributed by atoms with Gasteiger partial charge in [0.1, 0.15) is 0 Å². The van der Waals surface area contributed by atoms with Gasteiger partial charge in [0.05, 0.1) is 6.26 Å². The molecule has 1 rings (SSSR count). The van der Waals surface area contributed by atoms with E-state index in [9.17, 15) is 4.79 Å². The summed E-state index contributed by atoms with van der Waals surface area (Å²) in [7, 11) is 0. The first kappa shape index (κ1) is 9.52. The van der Waals surface area contributed by atoms with Gasteiger partial charge in [-0.3, -0.25) is 4.79 Å². The first-order chi connectivity index (χ1) is 6.33. The van der Waals surface area contributed by atoms with Crippen LogP contribution in [0, 0.1) is 0 Å². The van der Waals surface area contributed by atoms with Gasteiger partial charge in [-0.25, -0.2) is 0 Å². The number of hydrogen-bond donors (Lipinski definition) is 0. The number of rotatable bonds is 3. The Bertz CT molecular complexity index is 288. The van der Waals surface area contributed by atoms with Crippen LogP contribution in [-0.4, -0.2) is 5.97 Å². The summed E-state index contributed by atoms with van der Waals surface area (Å²) in [5.41, 5.74) is 1.02. The normalized spacial score (nSPS) is 10.2. The SMILES string of the molecule is CCC(=O)O/C=C\c1ccccc1. The van der Waals surface area contributed by atoms with Gasteiger partial charge in [0, 0.05) is 6.42 Å². The molecule has 2 nitrogen and oxygen atoms in total. The van der Waals surface area contributed by atoms with E-state index in [4.69, 9.17) is 4.74 Å². The zero-order valence-electron chi connectivity index (χ0n) is 7.57. The molecular formula is C11H12O2. The molecule has 0 aromatic heterocycles. The summed E-state index contributed by atoms with van der Waals surface area (Å²) >= 11 is 0. The number of carbonyl (C=O) groups is 1. The van der Waals surface area contributed by atoms with Crippen molar-refractivity contribution >= 4 is 12.0 Å². The topological polar surface area (TPSA) is 26.3 Å². The van der Waals surface area contributed by atoms with Crippen molar-refractivity contribution in [2.75, 3.05) is 0 Å². The van der Waals surface area contributed by atoms with Gasteiger partial charge in [-0.15, -0.1) is 0 Å². The molecule has 0 unspecified atom stereocenters. The molecule has 2 heteroatoms. The van der Waals surface area contributed by atoms with E-state index in [0.717, 1.165) is 5.56 Å². The van der Waals surface area contributed by atoms with Crippen LogP contribution in [0.5, 0.6) is 0 Å². The smallest absolute Gasteiger partial charge is 0.310 e. The van der Waals surface area contributed by atoms with Crippen molar-refractivity contribution in [1.82, 2.24) is 0 Å². The molecule has 0 fully saturated rings. The van der Waals surface area contributed by atoms with Gasteiger partial charge in [0.15, 0.2) is 0 Å². The first-order valence-corrected chi connectivity index (χ1v) is 4.24. The highest BCUT2D eigenvalue weighted by Crippen LogP contribution is 2.01. The second-order valence-electron chi connectivity index (χ2n) is 2.56. The lowest BCUT2D eigenvalue weighted by Crippen LogP contribution is -1.94. The van der Waals surface area contributed by atoms with E-state index < -0.39 is 0 Å².